The highest BCUT2D eigenvalue weighted by molar-refractivity contribution is 5.75. The van der Waals surface area contributed by atoms with Crippen LogP contribution in [0.5, 0.6) is 0 Å². The quantitative estimate of drug-likeness (QED) is 0.562. The van der Waals surface area contributed by atoms with E-state index in [1.54, 1.807) is 0 Å². The molecular weight excluding hydrogens is 120 g/mol. The Morgan fingerprint density at radius 1 is 1.56 bits per heavy atom. The van der Waals surface area contributed by atoms with Crippen molar-refractivity contribution in [2.45, 2.75) is 19.3 Å². The Kier molecular flexibility index (Phi) is 1.45. The number of carboxylic acid groups (broad SMARTS) is 1. The predicted molar refractivity (Wildman–Crippen MR) is 31.0 cm³/mol. The van der Waals surface area contributed by atoms with Crippen LogP contribution >= 0.6 is 0 Å². The van der Waals surface area contributed by atoms with Gasteiger partial charge < -0.3 is 10.2 Å². The number of carbonyl (C=O) groups is 1. The van der Waals surface area contributed by atoms with Gasteiger partial charge in [-0.2, -0.15) is 0 Å². The fourth-order valence-corrected chi connectivity index (χ4v) is 1.04. The van der Waals surface area contributed by atoms with Gasteiger partial charge in [-0.3, -0.25) is 4.79 Å². The molecule has 0 bridgehead atoms. The molecule has 1 saturated carbocycles. The van der Waals surface area contributed by atoms with E-state index in [0.717, 1.165) is 6.42 Å². The molecule has 1 fully saturated rings. The fourth-order valence-electron chi connectivity index (χ4n) is 1.04. The SMILES string of the molecule is O=C(O)C1(CO)CCC1. The lowest BCUT2D eigenvalue weighted by Crippen LogP contribution is -2.41. The van der Waals surface area contributed by atoms with E-state index in [1.165, 1.54) is 0 Å². The molecule has 9 heavy (non-hydrogen) atoms. The molecule has 2 N–H and O–H groups in total. The summed E-state index contributed by atoms with van der Waals surface area (Å²) in [7, 11) is 0. The first-order chi connectivity index (χ1) is 4.21. The minimum absolute atomic E-state index is 0.206. The maximum Gasteiger partial charge on any atom is 0.311 e. The molecular formula is C6H10O3. The van der Waals surface area contributed by atoms with Crippen LogP contribution in [0.15, 0.2) is 0 Å². The van der Waals surface area contributed by atoms with Gasteiger partial charge in [-0.15, -0.1) is 0 Å². The fraction of sp³-hybridized carbons (Fsp3) is 0.833. The van der Waals surface area contributed by atoms with E-state index in [2.05, 4.69) is 0 Å². The maximum absolute atomic E-state index is 10.4. The normalized spacial score (nSPS) is 22.8. The molecule has 0 saturated heterocycles. The van der Waals surface area contributed by atoms with E-state index in [9.17, 15) is 4.79 Å². The number of carboxylic acids is 1. The van der Waals surface area contributed by atoms with Gasteiger partial charge in [-0.1, -0.05) is 6.42 Å². The molecule has 1 aliphatic carbocycles. The van der Waals surface area contributed by atoms with Gasteiger partial charge in [0.1, 0.15) is 0 Å². The summed E-state index contributed by atoms with van der Waals surface area (Å²) in [4.78, 5) is 10.4. The summed E-state index contributed by atoms with van der Waals surface area (Å²) in [6.45, 7) is -0.206. The molecule has 3 heteroatoms. The molecule has 0 heterocycles. The van der Waals surface area contributed by atoms with Gasteiger partial charge in [0.05, 0.1) is 12.0 Å². The third-order valence-electron chi connectivity index (χ3n) is 2.07. The van der Waals surface area contributed by atoms with Crippen molar-refractivity contribution in [2.75, 3.05) is 6.61 Å². The minimum Gasteiger partial charge on any atom is -0.481 e. The number of aliphatic carboxylic acids is 1. The molecule has 0 aliphatic heterocycles. The molecule has 0 atom stereocenters. The molecule has 0 unspecified atom stereocenters. The largest absolute Gasteiger partial charge is 0.481 e. The summed E-state index contributed by atoms with van der Waals surface area (Å²) < 4.78 is 0. The highest BCUT2D eigenvalue weighted by Gasteiger charge is 2.43. The van der Waals surface area contributed by atoms with Crippen molar-refractivity contribution >= 4 is 5.97 Å². The van der Waals surface area contributed by atoms with Crippen molar-refractivity contribution in [1.29, 1.82) is 0 Å². The molecule has 0 spiro atoms. The van der Waals surface area contributed by atoms with Crippen molar-refractivity contribution in [1.82, 2.24) is 0 Å². The third-order valence-corrected chi connectivity index (χ3v) is 2.07. The molecule has 0 aromatic heterocycles. The molecule has 1 aliphatic rings. The Morgan fingerprint density at radius 3 is 2.11 bits per heavy atom. The second-order valence-electron chi connectivity index (χ2n) is 2.60. The van der Waals surface area contributed by atoms with Crippen LogP contribution < -0.4 is 0 Å². The zero-order chi connectivity index (χ0) is 6.91. The van der Waals surface area contributed by atoms with Crippen LogP contribution in [-0.4, -0.2) is 22.8 Å². The van der Waals surface area contributed by atoms with E-state index in [4.69, 9.17) is 10.2 Å². The Hall–Kier alpha value is -0.570. The van der Waals surface area contributed by atoms with Crippen LogP contribution in [0.1, 0.15) is 19.3 Å². The standard InChI is InChI=1S/C6H10O3/c7-4-6(5(8)9)2-1-3-6/h7H,1-4H2,(H,8,9). The number of rotatable bonds is 2. The monoisotopic (exact) mass is 130 g/mol. The van der Waals surface area contributed by atoms with Gasteiger partial charge in [-0.05, 0) is 12.8 Å². The Bertz CT molecular complexity index is 121. The van der Waals surface area contributed by atoms with Crippen molar-refractivity contribution in [3.63, 3.8) is 0 Å². The van der Waals surface area contributed by atoms with Gasteiger partial charge >= 0.3 is 5.97 Å². The van der Waals surface area contributed by atoms with E-state index < -0.39 is 11.4 Å². The second kappa shape index (κ2) is 1.99. The van der Waals surface area contributed by atoms with Crippen LogP contribution in [0.2, 0.25) is 0 Å². The van der Waals surface area contributed by atoms with Gasteiger partial charge in [0.2, 0.25) is 0 Å². The molecule has 1 rings (SSSR count). The number of aliphatic hydroxyl groups is 1. The third kappa shape index (κ3) is 0.812. The average Bonchev–Trinajstić information content (AvgIpc) is 1.62. The lowest BCUT2D eigenvalue weighted by atomic mass is 9.69. The van der Waals surface area contributed by atoms with E-state index in [-0.39, 0.29) is 6.61 Å². The van der Waals surface area contributed by atoms with Crippen LogP contribution in [0, 0.1) is 5.41 Å². The maximum atomic E-state index is 10.4. The molecule has 0 amide bonds. The number of hydrogen-bond donors (Lipinski definition) is 2. The minimum atomic E-state index is -0.851. The van der Waals surface area contributed by atoms with Crippen LogP contribution in [0.25, 0.3) is 0 Å². The van der Waals surface area contributed by atoms with E-state index in [0.29, 0.717) is 12.8 Å². The smallest absolute Gasteiger partial charge is 0.311 e. The van der Waals surface area contributed by atoms with Crippen LogP contribution in [-0.2, 0) is 4.79 Å². The van der Waals surface area contributed by atoms with Gasteiger partial charge in [0, 0.05) is 0 Å². The summed E-state index contributed by atoms with van der Waals surface area (Å²) >= 11 is 0. The first kappa shape index (κ1) is 6.55. The summed E-state index contributed by atoms with van der Waals surface area (Å²) in [6, 6.07) is 0. The Morgan fingerprint density at radius 2 is 2.11 bits per heavy atom. The van der Waals surface area contributed by atoms with Crippen molar-refractivity contribution < 1.29 is 15.0 Å². The second-order valence-corrected chi connectivity index (χ2v) is 2.60. The molecule has 0 aromatic carbocycles. The summed E-state index contributed by atoms with van der Waals surface area (Å²) in [6.07, 6.45) is 2.21. The number of hydrogen-bond acceptors (Lipinski definition) is 2. The van der Waals surface area contributed by atoms with E-state index in [1.807, 2.05) is 0 Å². The van der Waals surface area contributed by atoms with Gasteiger partial charge in [0.25, 0.3) is 0 Å². The van der Waals surface area contributed by atoms with Crippen LogP contribution in [0.3, 0.4) is 0 Å². The summed E-state index contributed by atoms with van der Waals surface area (Å²) in [5, 5.41) is 17.1. The Labute approximate surface area is 53.3 Å². The topological polar surface area (TPSA) is 57.5 Å². The number of aliphatic hydroxyl groups excluding tert-OH is 1. The predicted octanol–water partition coefficient (Wildman–Crippen LogP) is 0.234. The van der Waals surface area contributed by atoms with Gasteiger partial charge in [-0.25, -0.2) is 0 Å². The molecule has 52 valence electrons. The average molecular weight is 130 g/mol. The highest BCUT2D eigenvalue weighted by atomic mass is 16.4. The molecule has 3 nitrogen and oxygen atoms in total. The van der Waals surface area contributed by atoms with Gasteiger partial charge in [0.15, 0.2) is 0 Å². The highest BCUT2D eigenvalue weighted by Crippen LogP contribution is 2.40. The summed E-state index contributed by atoms with van der Waals surface area (Å²) in [5.74, 6) is -0.851. The molecule has 0 aromatic rings. The lowest BCUT2D eigenvalue weighted by molar-refractivity contribution is -0.157. The van der Waals surface area contributed by atoms with Crippen molar-refractivity contribution in [3.05, 3.63) is 0 Å². The lowest BCUT2D eigenvalue weighted by Gasteiger charge is -2.35. The molecule has 0 radical (unpaired) electrons. The first-order valence-corrected chi connectivity index (χ1v) is 3.05. The zero-order valence-corrected chi connectivity index (χ0v) is 5.13. The Balaban J connectivity index is 2.57. The van der Waals surface area contributed by atoms with Crippen LogP contribution in [0.4, 0.5) is 0 Å². The zero-order valence-electron chi connectivity index (χ0n) is 5.13. The first-order valence-electron chi connectivity index (χ1n) is 3.05. The van der Waals surface area contributed by atoms with E-state index >= 15 is 0 Å². The summed E-state index contributed by atoms with van der Waals surface area (Å²) in [5.41, 5.74) is -0.764. The van der Waals surface area contributed by atoms with Crippen molar-refractivity contribution in [2.24, 2.45) is 5.41 Å². The van der Waals surface area contributed by atoms with Crippen molar-refractivity contribution in [3.8, 4) is 0 Å².